The lowest BCUT2D eigenvalue weighted by Gasteiger charge is -2.18. The van der Waals surface area contributed by atoms with Crippen molar-refractivity contribution in [2.75, 3.05) is 13.2 Å². The zero-order chi connectivity index (χ0) is 49.3. The lowest BCUT2D eigenvalue weighted by atomic mass is 10.0. The number of carbonyl (C=O) groups is 3. The van der Waals surface area contributed by atoms with Gasteiger partial charge in [-0.25, -0.2) is 0 Å². The van der Waals surface area contributed by atoms with E-state index in [0.717, 1.165) is 83.5 Å². The number of hydrogen-bond donors (Lipinski definition) is 0. The predicted octanol–water partition coefficient (Wildman–Crippen LogP) is 20.0. The Labute approximate surface area is 423 Å². The number of ether oxygens (including phenoxy) is 3. The van der Waals surface area contributed by atoms with Gasteiger partial charge in [-0.1, -0.05) is 263 Å². The van der Waals surface area contributed by atoms with Crippen LogP contribution in [0.25, 0.3) is 0 Å². The van der Waals surface area contributed by atoms with E-state index in [1.165, 1.54) is 199 Å². The van der Waals surface area contributed by atoms with E-state index in [-0.39, 0.29) is 31.1 Å². The highest BCUT2D eigenvalue weighted by molar-refractivity contribution is 5.71. The molecule has 0 amide bonds. The molecule has 0 aliphatic carbocycles. The van der Waals surface area contributed by atoms with Gasteiger partial charge in [-0.15, -0.1) is 0 Å². The molecule has 0 N–H and O–H groups in total. The van der Waals surface area contributed by atoms with Crippen LogP contribution in [0, 0.1) is 0 Å². The molecule has 68 heavy (non-hydrogen) atoms. The second-order valence-corrected chi connectivity index (χ2v) is 20.3. The second-order valence-electron chi connectivity index (χ2n) is 20.3. The van der Waals surface area contributed by atoms with Crippen molar-refractivity contribution in [1.29, 1.82) is 0 Å². The number of rotatable bonds is 55. The third kappa shape index (κ3) is 54.6. The average molecular weight is 956 g/mol. The summed E-state index contributed by atoms with van der Waals surface area (Å²) in [6, 6.07) is 0. The molecule has 0 saturated heterocycles. The number of hydrogen-bond acceptors (Lipinski definition) is 6. The van der Waals surface area contributed by atoms with Gasteiger partial charge in [0.1, 0.15) is 13.2 Å². The van der Waals surface area contributed by atoms with Crippen LogP contribution in [0.1, 0.15) is 323 Å². The first-order chi connectivity index (χ1) is 33.5. The van der Waals surface area contributed by atoms with Gasteiger partial charge in [0.25, 0.3) is 0 Å². The number of carbonyl (C=O) groups excluding carboxylic acids is 3. The fraction of sp³-hybridized carbons (Fsp3) is 0.855. The van der Waals surface area contributed by atoms with Crippen LogP contribution in [0.4, 0.5) is 0 Å². The van der Waals surface area contributed by atoms with E-state index in [0.29, 0.717) is 19.3 Å². The van der Waals surface area contributed by atoms with E-state index in [1.807, 2.05) is 0 Å². The Morgan fingerprint density at radius 1 is 0.294 bits per heavy atom. The van der Waals surface area contributed by atoms with Crippen LogP contribution in [0.5, 0.6) is 0 Å². The minimum atomic E-state index is -0.776. The van der Waals surface area contributed by atoms with Gasteiger partial charge >= 0.3 is 17.9 Å². The Morgan fingerprint density at radius 3 is 0.838 bits per heavy atom. The molecule has 0 aliphatic rings. The average Bonchev–Trinajstić information content (AvgIpc) is 3.34. The first kappa shape index (κ1) is 65.6. The highest BCUT2D eigenvalue weighted by Gasteiger charge is 2.19. The fourth-order valence-electron chi connectivity index (χ4n) is 8.82. The molecule has 1 unspecified atom stereocenters. The topological polar surface area (TPSA) is 78.9 Å². The quantitative estimate of drug-likeness (QED) is 0.0262. The summed E-state index contributed by atoms with van der Waals surface area (Å²) < 4.78 is 16.9. The smallest absolute Gasteiger partial charge is 0.306 e. The molecule has 0 fully saturated rings. The monoisotopic (exact) mass is 955 g/mol. The van der Waals surface area contributed by atoms with Crippen molar-refractivity contribution in [3.63, 3.8) is 0 Å². The zero-order valence-electron chi connectivity index (χ0n) is 45.6. The van der Waals surface area contributed by atoms with Crippen molar-refractivity contribution in [1.82, 2.24) is 0 Å². The molecule has 1 atom stereocenters. The molecule has 6 heteroatoms. The summed E-state index contributed by atoms with van der Waals surface area (Å²) in [5, 5.41) is 0. The summed E-state index contributed by atoms with van der Waals surface area (Å²) in [6.45, 7) is 6.64. The van der Waals surface area contributed by atoms with Gasteiger partial charge in [-0.2, -0.15) is 0 Å². The normalized spacial score (nSPS) is 12.2. The van der Waals surface area contributed by atoms with E-state index in [1.54, 1.807) is 0 Å². The van der Waals surface area contributed by atoms with E-state index in [9.17, 15) is 14.4 Å². The third-order valence-electron chi connectivity index (χ3n) is 13.4. The Balaban J connectivity index is 4.26. The van der Waals surface area contributed by atoms with Crippen molar-refractivity contribution >= 4 is 17.9 Å². The molecule has 0 saturated carbocycles. The Bertz CT molecular complexity index is 1140. The van der Waals surface area contributed by atoms with Crippen LogP contribution >= 0.6 is 0 Å². The first-order valence-corrected chi connectivity index (χ1v) is 30.0. The maximum Gasteiger partial charge on any atom is 0.306 e. The summed E-state index contributed by atoms with van der Waals surface area (Å²) in [5.74, 6) is -0.873. The van der Waals surface area contributed by atoms with Crippen molar-refractivity contribution in [3.05, 3.63) is 36.5 Å². The van der Waals surface area contributed by atoms with Crippen LogP contribution < -0.4 is 0 Å². The summed E-state index contributed by atoms with van der Waals surface area (Å²) in [6.07, 6.45) is 68.6. The molecule has 0 radical (unpaired) electrons. The molecule has 0 spiro atoms. The Kier molecular flexibility index (Phi) is 55.2. The van der Waals surface area contributed by atoms with E-state index in [4.69, 9.17) is 14.2 Å². The molecule has 0 aromatic rings. The first-order valence-electron chi connectivity index (χ1n) is 30.0. The lowest BCUT2D eigenvalue weighted by Crippen LogP contribution is -2.30. The molecular weight excluding hydrogens is 841 g/mol. The Morgan fingerprint density at radius 2 is 0.529 bits per heavy atom. The molecule has 6 nitrogen and oxygen atoms in total. The highest BCUT2D eigenvalue weighted by atomic mass is 16.6. The lowest BCUT2D eigenvalue weighted by molar-refractivity contribution is -0.167. The predicted molar refractivity (Wildman–Crippen MR) is 293 cm³/mol. The van der Waals surface area contributed by atoms with Crippen LogP contribution in [0.15, 0.2) is 36.5 Å². The van der Waals surface area contributed by atoms with Crippen molar-refractivity contribution in [2.24, 2.45) is 0 Å². The third-order valence-corrected chi connectivity index (χ3v) is 13.4. The van der Waals surface area contributed by atoms with Gasteiger partial charge in [0.05, 0.1) is 0 Å². The Hall–Kier alpha value is -2.37. The maximum absolute atomic E-state index is 12.8. The largest absolute Gasteiger partial charge is 0.462 e. The van der Waals surface area contributed by atoms with E-state index >= 15 is 0 Å². The van der Waals surface area contributed by atoms with Gasteiger partial charge < -0.3 is 14.2 Å². The van der Waals surface area contributed by atoms with E-state index < -0.39 is 6.10 Å². The van der Waals surface area contributed by atoms with Gasteiger partial charge in [-0.05, 0) is 77.0 Å². The minimum Gasteiger partial charge on any atom is -0.462 e. The maximum atomic E-state index is 12.8. The van der Waals surface area contributed by atoms with Crippen LogP contribution in [-0.4, -0.2) is 37.2 Å². The van der Waals surface area contributed by atoms with Gasteiger partial charge in [0.2, 0.25) is 0 Å². The molecule has 0 aromatic heterocycles. The second kappa shape index (κ2) is 57.2. The number of esters is 3. The number of allylic oxidation sites excluding steroid dienone is 6. The van der Waals surface area contributed by atoms with Crippen LogP contribution in [0.3, 0.4) is 0 Å². The van der Waals surface area contributed by atoms with Crippen molar-refractivity contribution in [3.8, 4) is 0 Å². The molecule has 0 rings (SSSR count). The van der Waals surface area contributed by atoms with Crippen LogP contribution in [0.2, 0.25) is 0 Å². The SMILES string of the molecule is CCCCCC/C=C\C/C=C\CCCCCCCC(=O)OC(COC(=O)CCCCCCCCCCCCC)COC(=O)CCCCCCCCCCCCC/C=C\CCCCCCCCCC. The van der Waals surface area contributed by atoms with Gasteiger partial charge in [0, 0.05) is 19.3 Å². The zero-order valence-corrected chi connectivity index (χ0v) is 45.6. The summed E-state index contributed by atoms with van der Waals surface area (Å²) in [5.41, 5.74) is 0. The van der Waals surface area contributed by atoms with Crippen molar-refractivity contribution < 1.29 is 28.6 Å². The highest BCUT2D eigenvalue weighted by Crippen LogP contribution is 2.16. The van der Waals surface area contributed by atoms with Gasteiger partial charge in [0.15, 0.2) is 6.10 Å². The van der Waals surface area contributed by atoms with Crippen molar-refractivity contribution in [2.45, 2.75) is 329 Å². The van der Waals surface area contributed by atoms with E-state index in [2.05, 4.69) is 57.2 Å². The molecule has 0 bridgehead atoms. The molecule has 0 heterocycles. The molecule has 0 aromatic carbocycles. The standard InChI is InChI=1S/C62H114O6/c1-4-7-10-13-16-19-22-24-26-28-29-30-31-32-33-34-36-37-40-43-46-49-52-55-61(64)67-58-59(57-66-60(63)54-51-48-45-42-39-21-18-15-12-9-6-3)68-62(65)56-53-50-47-44-41-38-35-27-25-23-20-17-14-11-8-5-2/h20,23,27-29,35,59H,4-19,21-22,24-26,30-34,36-58H2,1-3H3/b23-20-,29-28-,35-27-. The molecular formula is C62H114O6. The summed E-state index contributed by atoms with van der Waals surface area (Å²) in [4.78, 5) is 38.1. The molecule has 398 valence electrons. The minimum absolute atomic E-state index is 0.0745. The molecule has 0 aliphatic heterocycles. The summed E-state index contributed by atoms with van der Waals surface area (Å²) >= 11 is 0. The fourth-order valence-corrected chi connectivity index (χ4v) is 8.82. The summed E-state index contributed by atoms with van der Waals surface area (Å²) in [7, 11) is 0. The van der Waals surface area contributed by atoms with Gasteiger partial charge in [-0.3, -0.25) is 14.4 Å². The number of unbranched alkanes of at least 4 members (excludes halogenated alkanes) is 38. The van der Waals surface area contributed by atoms with Crippen LogP contribution in [-0.2, 0) is 28.6 Å².